The zero-order chi connectivity index (χ0) is 13.8. The molecule has 0 fully saturated rings. The molecule has 2 rings (SSSR count). The van der Waals surface area contributed by atoms with E-state index >= 15 is 0 Å². The largest absolute Gasteiger partial charge is 0.379 e. The van der Waals surface area contributed by atoms with Crippen molar-refractivity contribution in [1.82, 2.24) is 4.98 Å². The van der Waals surface area contributed by atoms with Gasteiger partial charge in [0, 0.05) is 18.4 Å². The minimum Gasteiger partial charge on any atom is -0.379 e. The Morgan fingerprint density at radius 3 is 2.79 bits per heavy atom. The molecule has 0 radical (unpaired) electrons. The summed E-state index contributed by atoms with van der Waals surface area (Å²) in [6, 6.07) is 8.89. The molecular weight excluding hydrogens is 309 g/mol. The van der Waals surface area contributed by atoms with Gasteiger partial charge in [0.15, 0.2) is 5.82 Å². The van der Waals surface area contributed by atoms with Crippen LogP contribution in [0.2, 0.25) is 0 Å². The van der Waals surface area contributed by atoms with E-state index in [4.69, 9.17) is 5.26 Å². The smallest absolute Gasteiger partial charge is 0.161 e. The van der Waals surface area contributed by atoms with Crippen molar-refractivity contribution in [2.75, 3.05) is 5.32 Å². The molecule has 0 unspecified atom stereocenters. The Kier molecular flexibility index (Phi) is 4.13. The van der Waals surface area contributed by atoms with E-state index in [9.17, 15) is 4.39 Å². The fourth-order valence-corrected chi connectivity index (χ4v) is 2.01. The van der Waals surface area contributed by atoms with Crippen LogP contribution < -0.4 is 5.32 Å². The highest BCUT2D eigenvalue weighted by molar-refractivity contribution is 9.10. The average Bonchev–Trinajstić information content (AvgIpc) is 2.42. The van der Waals surface area contributed by atoms with Crippen LogP contribution in [-0.2, 0) is 6.54 Å². The SMILES string of the molecule is Cc1ccc(CNc2ccc(C#N)c(Br)c2F)cn1. The topological polar surface area (TPSA) is 48.7 Å². The summed E-state index contributed by atoms with van der Waals surface area (Å²) < 4.78 is 14.1. The molecule has 19 heavy (non-hydrogen) atoms. The first-order valence-electron chi connectivity index (χ1n) is 5.65. The Labute approximate surface area is 119 Å². The van der Waals surface area contributed by atoms with Crippen LogP contribution in [-0.4, -0.2) is 4.98 Å². The number of rotatable bonds is 3. The second-order valence-corrected chi connectivity index (χ2v) is 4.85. The number of anilines is 1. The van der Waals surface area contributed by atoms with Gasteiger partial charge in [0.1, 0.15) is 6.07 Å². The van der Waals surface area contributed by atoms with Gasteiger partial charge < -0.3 is 5.32 Å². The molecular formula is C14H11BrFN3. The summed E-state index contributed by atoms with van der Waals surface area (Å²) in [6.45, 7) is 2.39. The molecule has 0 aliphatic heterocycles. The standard InChI is InChI=1S/C14H11BrFN3/c1-9-2-3-10(7-18-9)8-19-12-5-4-11(6-17)13(15)14(12)16/h2-5,7,19H,8H2,1H3. The van der Waals surface area contributed by atoms with Gasteiger partial charge in [0.2, 0.25) is 0 Å². The molecule has 1 aromatic heterocycles. The van der Waals surface area contributed by atoms with Crippen LogP contribution in [0.15, 0.2) is 34.9 Å². The van der Waals surface area contributed by atoms with Crippen LogP contribution in [0.4, 0.5) is 10.1 Å². The molecule has 0 aliphatic carbocycles. The average molecular weight is 320 g/mol. The third-order valence-corrected chi connectivity index (χ3v) is 3.43. The number of pyridine rings is 1. The highest BCUT2D eigenvalue weighted by Crippen LogP contribution is 2.26. The number of nitriles is 1. The minimum atomic E-state index is -0.459. The monoisotopic (exact) mass is 319 g/mol. The van der Waals surface area contributed by atoms with E-state index in [2.05, 4.69) is 26.2 Å². The van der Waals surface area contributed by atoms with E-state index in [0.29, 0.717) is 12.2 Å². The predicted molar refractivity (Wildman–Crippen MR) is 75.1 cm³/mol. The summed E-state index contributed by atoms with van der Waals surface area (Å²) in [7, 11) is 0. The molecule has 0 atom stereocenters. The van der Waals surface area contributed by atoms with Gasteiger partial charge in [-0.05, 0) is 46.6 Å². The van der Waals surface area contributed by atoms with E-state index < -0.39 is 5.82 Å². The third kappa shape index (κ3) is 3.09. The van der Waals surface area contributed by atoms with E-state index in [1.807, 2.05) is 25.1 Å². The van der Waals surface area contributed by atoms with E-state index in [1.165, 1.54) is 0 Å². The van der Waals surface area contributed by atoms with Crippen molar-refractivity contribution in [3.8, 4) is 6.07 Å². The van der Waals surface area contributed by atoms with Gasteiger partial charge in [-0.25, -0.2) is 4.39 Å². The van der Waals surface area contributed by atoms with E-state index in [1.54, 1.807) is 18.3 Å². The number of halogens is 2. The highest BCUT2D eigenvalue weighted by Gasteiger charge is 2.10. The molecule has 3 nitrogen and oxygen atoms in total. The highest BCUT2D eigenvalue weighted by atomic mass is 79.9. The van der Waals surface area contributed by atoms with Crippen molar-refractivity contribution < 1.29 is 4.39 Å². The molecule has 1 heterocycles. The van der Waals surface area contributed by atoms with Gasteiger partial charge >= 0.3 is 0 Å². The molecule has 0 amide bonds. The van der Waals surface area contributed by atoms with Crippen LogP contribution in [0.3, 0.4) is 0 Å². The van der Waals surface area contributed by atoms with Gasteiger partial charge in [0.25, 0.3) is 0 Å². The lowest BCUT2D eigenvalue weighted by Crippen LogP contribution is -2.03. The summed E-state index contributed by atoms with van der Waals surface area (Å²) in [4.78, 5) is 4.17. The molecule has 2 aromatic rings. The van der Waals surface area contributed by atoms with Crippen molar-refractivity contribution in [2.45, 2.75) is 13.5 Å². The normalized spacial score (nSPS) is 10.0. The van der Waals surface area contributed by atoms with Crippen molar-refractivity contribution >= 4 is 21.6 Å². The maximum absolute atomic E-state index is 13.9. The van der Waals surface area contributed by atoms with Crippen LogP contribution in [0.5, 0.6) is 0 Å². The van der Waals surface area contributed by atoms with Gasteiger partial charge in [-0.15, -0.1) is 0 Å². The first-order valence-corrected chi connectivity index (χ1v) is 6.44. The lowest BCUT2D eigenvalue weighted by atomic mass is 10.2. The summed E-state index contributed by atoms with van der Waals surface area (Å²) in [5, 5.41) is 11.8. The van der Waals surface area contributed by atoms with Crippen molar-refractivity contribution in [3.05, 3.63) is 57.6 Å². The number of nitrogens with zero attached hydrogens (tertiary/aromatic N) is 2. The minimum absolute atomic E-state index is 0.182. The molecule has 0 saturated heterocycles. The summed E-state index contributed by atoms with van der Waals surface area (Å²) >= 11 is 3.08. The van der Waals surface area contributed by atoms with Crippen molar-refractivity contribution in [3.63, 3.8) is 0 Å². The van der Waals surface area contributed by atoms with Gasteiger partial charge in [0.05, 0.1) is 15.7 Å². The van der Waals surface area contributed by atoms with Gasteiger partial charge in [-0.3, -0.25) is 4.98 Å². The molecule has 0 spiro atoms. The molecule has 0 aliphatic rings. The lowest BCUT2D eigenvalue weighted by molar-refractivity contribution is 0.623. The van der Waals surface area contributed by atoms with Crippen LogP contribution in [0.1, 0.15) is 16.8 Å². The van der Waals surface area contributed by atoms with Gasteiger partial charge in [-0.2, -0.15) is 5.26 Å². The number of hydrogen-bond acceptors (Lipinski definition) is 3. The van der Waals surface area contributed by atoms with Crippen molar-refractivity contribution in [1.29, 1.82) is 5.26 Å². The van der Waals surface area contributed by atoms with Crippen LogP contribution >= 0.6 is 15.9 Å². The Morgan fingerprint density at radius 2 is 2.16 bits per heavy atom. The van der Waals surface area contributed by atoms with Crippen LogP contribution in [0.25, 0.3) is 0 Å². The number of nitrogens with one attached hydrogen (secondary N) is 1. The number of benzene rings is 1. The zero-order valence-electron chi connectivity index (χ0n) is 10.2. The third-order valence-electron chi connectivity index (χ3n) is 2.66. The molecule has 5 heteroatoms. The molecule has 0 saturated carbocycles. The first kappa shape index (κ1) is 13.5. The number of aromatic nitrogens is 1. The summed E-state index contributed by atoms with van der Waals surface area (Å²) in [5.74, 6) is -0.459. The first-order chi connectivity index (χ1) is 9.11. The Bertz CT molecular complexity index is 632. The summed E-state index contributed by atoms with van der Waals surface area (Å²) in [5.41, 5.74) is 2.54. The zero-order valence-corrected chi connectivity index (χ0v) is 11.8. The predicted octanol–water partition coefficient (Wildman–Crippen LogP) is 3.78. The maximum atomic E-state index is 13.9. The van der Waals surface area contributed by atoms with E-state index in [-0.39, 0.29) is 10.0 Å². The molecule has 1 aromatic carbocycles. The van der Waals surface area contributed by atoms with Gasteiger partial charge in [-0.1, -0.05) is 6.07 Å². The van der Waals surface area contributed by atoms with E-state index in [0.717, 1.165) is 11.3 Å². The maximum Gasteiger partial charge on any atom is 0.161 e. The fraction of sp³-hybridized carbons (Fsp3) is 0.143. The Hall–Kier alpha value is -1.93. The molecule has 96 valence electrons. The summed E-state index contributed by atoms with van der Waals surface area (Å²) in [6.07, 6.45) is 1.75. The Morgan fingerprint density at radius 1 is 1.37 bits per heavy atom. The lowest BCUT2D eigenvalue weighted by Gasteiger charge is -2.09. The molecule has 1 N–H and O–H groups in total. The van der Waals surface area contributed by atoms with Crippen LogP contribution in [0, 0.1) is 24.1 Å². The number of hydrogen-bond donors (Lipinski definition) is 1. The number of aryl methyl sites for hydroxylation is 1. The van der Waals surface area contributed by atoms with Crippen molar-refractivity contribution in [2.24, 2.45) is 0 Å². The Balaban J connectivity index is 2.14. The second-order valence-electron chi connectivity index (χ2n) is 4.06. The second kappa shape index (κ2) is 5.81. The fourth-order valence-electron chi connectivity index (χ4n) is 1.57. The quantitative estimate of drug-likeness (QED) is 0.936. The molecule has 0 bridgehead atoms.